The molecule has 3 rings (SSSR count). The Labute approximate surface area is 167 Å². The molecule has 0 atom stereocenters. The van der Waals surface area contributed by atoms with Crippen LogP contribution in [0.1, 0.15) is 38.5 Å². The van der Waals surface area contributed by atoms with Crippen LogP contribution in [-0.2, 0) is 6.61 Å². The van der Waals surface area contributed by atoms with Gasteiger partial charge >= 0.3 is 0 Å². The topological polar surface area (TPSA) is 108 Å². The Bertz CT molecular complexity index is 1070. The van der Waals surface area contributed by atoms with E-state index in [4.69, 9.17) is 9.26 Å². The number of hydrogen-bond donors (Lipinski definition) is 1. The predicted octanol–water partition coefficient (Wildman–Crippen LogP) is 4.65. The lowest BCUT2D eigenvalue weighted by atomic mass is 10.1. The van der Waals surface area contributed by atoms with Crippen molar-refractivity contribution in [2.75, 3.05) is 5.32 Å². The van der Waals surface area contributed by atoms with Gasteiger partial charge in [0, 0.05) is 6.07 Å². The van der Waals surface area contributed by atoms with E-state index in [1.54, 1.807) is 19.9 Å². The maximum absolute atomic E-state index is 12.7. The van der Waals surface area contributed by atoms with Crippen molar-refractivity contribution in [2.24, 2.45) is 0 Å². The van der Waals surface area contributed by atoms with Crippen LogP contribution >= 0.6 is 0 Å². The molecule has 1 N–H and O–H groups in total. The van der Waals surface area contributed by atoms with E-state index in [0.29, 0.717) is 11.3 Å². The Morgan fingerprint density at radius 2 is 1.86 bits per heavy atom. The van der Waals surface area contributed by atoms with Crippen LogP contribution in [0.2, 0.25) is 0 Å². The molecule has 1 aromatic heterocycles. The Morgan fingerprint density at radius 3 is 2.52 bits per heavy atom. The SMILES string of the molecule is Cc1ccc(NC(=O)c2noc(C)c2COc2c(C)cccc2C)c([N+](=O)[O-])c1. The van der Waals surface area contributed by atoms with Gasteiger partial charge in [0.2, 0.25) is 0 Å². The first-order chi connectivity index (χ1) is 13.8. The summed E-state index contributed by atoms with van der Waals surface area (Å²) >= 11 is 0. The number of amides is 1. The summed E-state index contributed by atoms with van der Waals surface area (Å²) in [7, 11) is 0. The number of hydrogen-bond acceptors (Lipinski definition) is 6. The summed E-state index contributed by atoms with van der Waals surface area (Å²) in [6.07, 6.45) is 0. The van der Waals surface area contributed by atoms with Crippen LogP contribution in [-0.4, -0.2) is 16.0 Å². The van der Waals surface area contributed by atoms with Crippen molar-refractivity contribution in [3.8, 4) is 5.75 Å². The number of anilines is 1. The summed E-state index contributed by atoms with van der Waals surface area (Å²) in [4.78, 5) is 23.5. The van der Waals surface area contributed by atoms with E-state index in [9.17, 15) is 14.9 Å². The molecule has 1 heterocycles. The molecule has 0 saturated carbocycles. The molecule has 2 aromatic carbocycles. The maximum Gasteiger partial charge on any atom is 0.293 e. The summed E-state index contributed by atoms with van der Waals surface area (Å²) in [6.45, 7) is 7.38. The summed E-state index contributed by atoms with van der Waals surface area (Å²) in [5.74, 6) is 0.572. The number of aromatic nitrogens is 1. The first kappa shape index (κ1) is 20.1. The minimum atomic E-state index is -0.603. The van der Waals surface area contributed by atoms with Crippen LogP contribution in [0.4, 0.5) is 11.4 Å². The van der Waals surface area contributed by atoms with Gasteiger partial charge in [-0.15, -0.1) is 0 Å². The molecule has 0 aliphatic heterocycles. The van der Waals surface area contributed by atoms with Crippen molar-refractivity contribution in [3.05, 3.63) is 80.2 Å². The van der Waals surface area contributed by atoms with E-state index in [-0.39, 0.29) is 23.7 Å². The minimum Gasteiger partial charge on any atom is -0.488 e. The minimum absolute atomic E-state index is 0.0311. The average Bonchev–Trinajstić information content (AvgIpc) is 3.03. The van der Waals surface area contributed by atoms with Gasteiger partial charge in [0.25, 0.3) is 11.6 Å². The number of para-hydroxylation sites is 1. The standard InChI is InChI=1S/C21H21N3O5/c1-12-8-9-17(18(10-12)24(26)27)22-21(25)19-16(15(4)29-23-19)11-28-20-13(2)6-5-7-14(20)3/h5-10H,11H2,1-4H3,(H,22,25). The lowest BCUT2D eigenvalue weighted by Gasteiger charge is -2.12. The normalized spacial score (nSPS) is 10.6. The van der Waals surface area contributed by atoms with Crippen LogP contribution in [0, 0.1) is 37.8 Å². The number of nitrogens with one attached hydrogen (secondary N) is 1. The number of aryl methyl sites for hydroxylation is 4. The van der Waals surface area contributed by atoms with E-state index >= 15 is 0 Å². The number of carbonyl (C=O) groups excluding carboxylic acids is 1. The molecule has 0 spiro atoms. The second-order valence-electron chi connectivity index (χ2n) is 6.81. The van der Waals surface area contributed by atoms with E-state index in [2.05, 4.69) is 10.5 Å². The van der Waals surface area contributed by atoms with Crippen LogP contribution in [0.3, 0.4) is 0 Å². The Balaban J connectivity index is 1.84. The molecule has 3 aromatic rings. The molecule has 0 unspecified atom stereocenters. The van der Waals surface area contributed by atoms with Crippen molar-refractivity contribution < 1.29 is 19.0 Å². The molecule has 8 nitrogen and oxygen atoms in total. The highest BCUT2D eigenvalue weighted by Gasteiger charge is 2.23. The van der Waals surface area contributed by atoms with Crippen molar-refractivity contribution in [1.82, 2.24) is 5.16 Å². The molecule has 0 bridgehead atoms. The highest BCUT2D eigenvalue weighted by atomic mass is 16.6. The molecule has 8 heteroatoms. The van der Waals surface area contributed by atoms with Crippen LogP contribution in [0.5, 0.6) is 5.75 Å². The third-order valence-corrected chi connectivity index (χ3v) is 4.57. The Kier molecular flexibility index (Phi) is 5.63. The summed E-state index contributed by atoms with van der Waals surface area (Å²) in [5.41, 5.74) is 3.08. The molecule has 0 aliphatic carbocycles. The van der Waals surface area contributed by atoms with E-state index < -0.39 is 10.8 Å². The third-order valence-electron chi connectivity index (χ3n) is 4.57. The zero-order chi connectivity index (χ0) is 21.1. The lowest BCUT2D eigenvalue weighted by molar-refractivity contribution is -0.384. The highest BCUT2D eigenvalue weighted by molar-refractivity contribution is 6.05. The van der Waals surface area contributed by atoms with E-state index in [0.717, 1.165) is 22.4 Å². The van der Waals surface area contributed by atoms with Crippen molar-refractivity contribution >= 4 is 17.3 Å². The first-order valence-corrected chi connectivity index (χ1v) is 8.98. The number of nitrogens with zero attached hydrogens (tertiary/aromatic N) is 2. The summed E-state index contributed by atoms with van der Waals surface area (Å²) in [6, 6.07) is 10.4. The molecule has 1 amide bonds. The number of nitro groups is 1. The van der Waals surface area contributed by atoms with E-state index in [1.807, 2.05) is 32.0 Å². The van der Waals surface area contributed by atoms with Gasteiger partial charge in [-0.3, -0.25) is 14.9 Å². The zero-order valence-corrected chi connectivity index (χ0v) is 16.6. The second kappa shape index (κ2) is 8.14. The van der Waals surface area contributed by atoms with Gasteiger partial charge in [0.05, 0.1) is 10.5 Å². The number of ether oxygens (including phenoxy) is 1. The highest BCUT2D eigenvalue weighted by Crippen LogP contribution is 2.28. The molecule has 0 saturated heterocycles. The predicted molar refractivity (Wildman–Crippen MR) is 107 cm³/mol. The fourth-order valence-electron chi connectivity index (χ4n) is 2.99. The molecule has 0 fully saturated rings. The van der Waals surface area contributed by atoms with Gasteiger partial charge in [-0.1, -0.05) is 29.4 Å². The molecule has 29 heavy (non-hydrogen) atoms. The van der Waals surface area contributed by atoms with Gasteiger partial charge in [-0.25, -0.2) is 0 Å². The number of benzene rings is 2. The number of carbonyl (C=O) groups is 1. The van der Waals surface area contributed by atoms with Crippen LogP contribution in [0.25, 0.3) is 0 Å². The number of rotatable bonds is 6. The van der Waals surface area contributed by atoms with Crippen molar-refractivity contribution in [1.29, 1.82) is 0 Å². The Hall–Kier alpha value is -3.68. The molecule has 0 aliphatic rings. The third kappa shape index (κ3) is 4.26. The molecule has 150 valence electrons. The fourth-order valence-corrected chi connectivity index (χ4v) is 2.99. The summed E-state index contributed by atoms with van der Waals surface area (Å²) in [5, 5.41) is 17.7. The second-order valence-corrected chi connectivity index (χ2v) is 6.81. The molecular weight excluding hydrogens is 374 g/mol. The maximum atomic E-state index is 12.7. The van der Waals surface area contributed by atoms with Gasteiger partial charge in [-0.05, 0) is 50.5 Å². The van der Waals surface area contributed by atoms with Gasteiger partial charge in [-0.2, -0.15) is 0 Å². The first-order valence-electron chi connectivity index (χ1n) is 8.98. The van der Waals surface area contributed by atoms with Crippen molar-refractivity contribution in [3.63, 3.8) is 0 Å². The summed E-state index contributed by atoms with van der Waals surface area (Å²) < 4.78 is 11.1. The lowest BCUT2D eigenvalue weighted by Crippen LogP contribution is -2.16. The van der Waals surface area contributed by atoms with Gasteiger partial charge in [0.1, 0.15) is 23.8 Å². The van der Waals surface area contributed by atoms with Crippen LogP contribution in [0.15, 0.2) is 40.9 Å². The monoisotopic (exact) mass is 395 g/mol. The Morgan fingerprint density at radius 1 is 1.17 bits per heavy atom. The van der Waals surface area contributed by atoms with E-state index in [1.165, 1.54) is 12.1 Å². The molecular formula is C21H21N3O5. The fraction of sp³-hybridized carbons (Fsp3) is 0.238. The average molecular weight is 395 g/mol. The van der Waals surface area contributed by atoms with Gasteiger partial charge in [0.15, 0.2) is 5.69 Å². The number of nitro benzene ring substituents is 1. The quantitative estimate of drug-likeness (QED) is 0.481. The largest absolute Gasteiger partial charge is 0.488 e. The zero-order valence-electron chi connectivity index (χ0n) is 16.6. The van der Waals surface area contributed by atoms with Crippen molar-refractivity contribution in [2.45, 2.75) is 34.3 Å². The smallest absolute Gasteiger partial charge is 0.293 e. The van der Waals surface area contributed by atoms with Gasteiger partial charge < -0.3 is 14.6 Å². The van der Waals surface area contributed by atoms with Crippen LogP contribution < -0.4 is 10.1 Å². The molecule has 0 radical (unpaired) electrons.